The summed E-state index contributed by atoms with van der Waals surface area (Å²) >= 11 is 0.140. The highest BCUT2D eigenvalue weighted by molar-refractivity contribution is 8.13. The second-order valence-electron chi connectivity index (χ2n) is 2.16. The van der Waals surface area contributed by atoms with Gasteiger partial charge in [0, 0.05) is 0 Å². The van der Waals surface area contributed by atoms with E-state index in [1.807, 2.05) is 0 Å². The van der Waals surface area contributed by atoms with E-state index < -0.39 is 22.3 Å². The summed E-state index contributed by atoms with van der Waals surface area (Å²) in [4.78, 5) is 20.7. The van der Waals surface area contributed by atoms with E-state index in [-0.39, 0.29) is 11.9 Å². The second kappa shape index (κ2) is 4.64. The van der Waals surface area contributed by atoms with E-state index in [0.29, 0.717) is 0 Å². The quantitative estimate of drug-likeness (QED) is 0.431. The van der Waals surface area contributed by atoms with Crippen molar-refractivity contribution in [1.29, 1.82) is 0 Å². The molecule has 0 aliphatic rings. The summed E-state index contributed by atoms with van der Waals surface area (Å²) < 4.78 is 28.7. The zero-order valence-corrected chi connectivity index (χ0v) is 7.48. The van der Waals surface area contributed by atoms with Crippen LogP contribution in [0.2, 0.25) is 0 Å². The molecule has 0 fully saturated rings. The molecule has 72 valence electrons. The van der Waals surface area contributed by atoms with Crippen LogP contribution >= 0.6 is 11.9 Å². The van der Waals surface area contributed by atoms with Gasteiger partial charge in [-0.05, 0) is 12.1 Å². The molecule has 0 N–H and O–H groups in total. The van der Waals surface area contributed by atoms with Gasteiger partial charge in [-0.2, -0.15) is 0 Å². The Hall–Kier alpha value is -1.52. The Morgan fingerprint density at radius 1 is 1.36 bits per heavy atom. The summed E-state index contributed by atoms with van der Waals surface area (Å²) in [6.07, 6.45) is 1.08. The number of benzene rings is 1. The van der Waals surface area contributed by atoms with Gasteiger partial charge >= 0.3 is 0 Å². The van der Waals surface area contributed by atoms with Crippen molar-refractivity contribution in [3.63, 3.8) is 0 Å². The lowest BCUT2D eigenvalue weighted by atomic mass is 10.2. The summed E-state index contributed by atoms with van der Waals surface area (Å²) in [5.74, 6) is -1.97. The van der Waals surface area contributed by atoms with Gasteiger partial charge < -0.3 is 0 Å². The molecule has 6 heteroatoms. The van der Waals surface area contributed by atoms with Crippen LogP contribution in [0.5, 0.6) is 0 Å². The van der Waals surface area contributed by atoms with Crippen LogP contribution in [-0.2, 0) is 4.79 Å². The van der Waals surface area contributed by atoms with Gasteiger partial charge in [-0.15, -0.1) is 4.40 Å². The Morgan fingerprint density at radius 2 is 1.93 bits per heavy atom. The lowest BCUT2D eigenvalue weighted by Gasteiger charge is -1.99. The van der Waals surface area contributed by atoms with E-state index in [1.54, 1.807) is 0 Å². The van der Waals surface area contributed by atoms with Gasteiger partial charge in [0.2, 0.25) is 11.2 Å². The molecule has 0 spiro atoms. The first-order chi connectivity index (χ1) is 6.66. The van der Waals surface area contributed by atoms with Crippen molar-refractivity contribution in [1.82, 2.24) is 0 Å². The third-order valence-electron chi connectivity index (χ3n) is 1.33. The number of rotatable bonds is 2. The van der Waals surface area contributed by atoms with Crippen LogP contribution in [0, 0.1) is 11.6 Å². The highest BCUT2D eigenvalue weighted by Crippen LogP contribution is 2.19. The van der Waals surface area contributed by atoms with Crippen LogP contribution in [0.3, 0.4) is 0 Å². The Kier molecular flexibility index (Phi) is 3.50. The maximum atomic E-state index is 12.9. The molecule has 1 aromatic rings. The van der Waals surface area contributed by atoms with Gasteiger partial charge in [-0.3, -0.25) is 4.79 Å². The normalized spacial score (nSPS) is 9.29. The molecule has 0 bridgehead atoms. The van der Waals surface area contributed by atoms with Crippen molar-refractivity contribution in [3.05, 3.63) is 35.4 Å². The van der Waals surface area contributed by atoms with Gasteiger partial charge in [0.1, 0.15) is 17.2 Å². The molecule has 0 saturated carbocycles. The van der Waals surface area contributed by atoms with Gasteiger partial charge in [0.25, 0.3) is 0 Å². The van der Waals surface area contributed by atoms with E-state index in [0.717, 1.165) is 24.3 Å². The summed E-state index contributed by atoms with van der Waals surface area (Å²) in [6, 6.07) is 3.03. The predicted octanol–water partition coefficient (Wildman–Crippen LogP) is 2.09. The Balaban J connectivity index is 3.05. The standard InChI is InChI=1S/C8H3F2NO2S/c9-5-2-1-3-6(10)7(5)8(13)14-11-4-12/h1-3H. The van der Waals surface area contributed by atoms with Crippen molar-refractivity contribution in [2.75, 3.05) is 0 Å². The molecule has 1 rings (SSSR count). The number of carbonyl (C=O) groups excluding carboxylic acids is 2. The Morgan fingerprint density at radius 3 is 2.43 bits per heavy atom. The number of hydrogen-bond donors (Lipinski definition) is 0. The first kappa shape index (κ1) is 10.6. The summed E-state index contributed by atoms with van der Waals surface area (Å²) in [7, 11) is 0. The fourth-order valence-corrected chi connectivity index (χ4v) is 1.21. The number of nitrogens with zero attached hydrogens (tertiary/aromatic N) is 1. The highest BCUT2D eigenvalue weighted by Gasteiger charge is 2.17. The fourth-order valence-electron chi connectivity index (χ4n) is 0.799. The lowest BCUT2D eigenvalue weighted by molar-refractivity contribution is 0.108. The summed E-state index contributed by atoms with van der Waals surface area (Å²) in [5, 5.41) is -0.969. The van der Waals surface area contributed by atoms with Crippen molar-refractivity contribution in [2.45, 2.75) is 0 Å². The molecule has 0 radical (unpaired) electrons. The van der Waals surface area contributed by atoms with Crippen LogP contribution in [0.15, 0.2) is 22.6 Å². The average Bonchev–Trinajstić information content (AvgIpc) is 2.14. The molecular weight excluding hydrogens is 212 g/mol. The first-order valence-electron chi connectivity index (χ1n) is 3.39. The Bertz CT molecular complexity index is 396. The monoisotopic (exact) mass is 215 g/mol. The molecule has 0 aliphatic carbocycles. The molecule has 0 heterocycles. The zero-order chi connectivity index (χ0) is 10.6. The zero-order valence-electron chi connectivity index (χ0n) is 6.66. The smallest absolute Gasteiger partial charge is 0.248 e. The minimum Gasteiger partial charge on any atom is -0.279 e. The highest BCUT2D eigenvalue weighted by atomic mass is 32.2. The van der Waals surface area contributed by atoms with Gasteiger partial charge in [0.15, 0.2) is 0 Å². The van der Waals surface area contributed by atoms with Gasteiger partial charge in [-0.1, -0.05) is 6.07 Å². The van der Waals surface area contributed by atoms with Crippen molar-refractivity contribution in [2.24, 2.45) is 4.40 Å². The largest absolute Gasteiger partial charge is 0.279 e. The number of halogens is 2. The number of carbonyl (C=O) groups is 1. The molecule has 1 aromatic carbocycles. The molecule has 0 aromatic heterocycles. The van der Waals surface area contributed by atoms with Crippen LogP contribution in [0.25, 0.3) is 0 Å². The van der Waals surface area contributed by atoms with Crippen LogP contribution in [-0.4, -0.2) is 11.2 Å². The minimum absolute atomic E-state index is 0.140. The third-order valence-corrected chi connectivity index (χ3v) is 1.87. The molecule has 3 nitrogen and oxygen atoms in total. The van der Waals surface area contributed by atoms with Crippen molar-refractivity contribution in [3.8, 4) is 0 Å². The molecule has 0 amide bonds. The van der Waals surface area contributed by atoms with E-state index in [9.17, 15) is 18.4 Å². The average molecular weight is 215 g/mol. The van der Waals surface area contributed by atoms with E-state index in [1.165, 1.54) is 0 Å². The molecule has 0 unspecified atom stereocenters. The third kappa shape index (κ3) is 2.25. The fraction of sp³-hybridized carbons (Fsp3) is 0. The Labute approximate surface area is 82.0 Å². The number of isocyanates is 1. The van der Waals surface area contributed by atoms with Crippen LogP contribution in [0.4, 0.5) is 8.78 Å². The lowest BCUT2D eigenvalue weighted by Crippen LogP contribution is -2.00. The van der Waals surface area contributed by atoms with E-state index in [4.69, 9.17) is 0 Å². The summed E-state index contributed by atoms with van der Waals surface area (Å²) in [6.45, 7) is 0. The first-order valence-corrected chi connectivity index (χ1v) is 4.16. The van der Waals surface area contributed by atoms with Crippen LogP contribution < -0.4 is 0 Å². The van der Waals surface area contributed by atoms with Crippen molar-refractivity contribution < 1.29 is 18.4 Å². The van der Waals surface area contributed by atoms with Crippen LogP contribution in [0.1, 0.15) is 10.4 Å². The second-order valence-corrected chi connectivity index (χ2v) is 2.89. The maximum Gasteiger partial charge on any atom is 0.248 e. The topological polar surface area (TPSA) is 46.5 Å². The maximum absolute atomic E-state index is 12.9. The molecule has 0 aliphatic heterocycles. The number of hydrogen-bond acceptors (Lipinski definition) is 4. The molecule has 14 heavy (non-hydrogen) atoms. The minimum atomic E-state index is -0.983. The van der Waals surface area contributed by atoms with E-state index >= 15 is 0 Å². The molecule has 0 atom stereocenters. The molecular formula is C8H3F2NO2S. The van der Waals surface area contributed by atoms with Gasteiger partial charge in [-0.25, -0.2) is 13.6 Å². The van der Waals surface area contributed by atoms with E-state index in [2.05, 4.69) is 4.40 Å². The summed E-state index contributed by atoms with van der Waals surface area (Å²) in [5.41, 5.74) is -0.712. The molecule has 0 saturated heterocycles. The SMILES string of the molecule is O=C=NSC(=O)c1c(F)cccc1F. The predicted molar refractivity (Wildman–Crippen MR) is 46.4 cm³/mol. The van der Waals surface area contributed by atoms with Crippen molar-refractivity contribution >= 4 is 23.1 Å². The van der Waals surface area contributed by atoms with Gasteiger partial charge in [0.05, 0.1) is 11.9 Å².